The van der Waals surface area contributed by atoms with Crippen LogP contribution in [-0.2, 0) is 6.42 Å². The van der Waals surface area contributed by atoms with Crippen LogP contribution in [0.2, 0.25) is 0 Å². The molecule has 0 heterocycles. The fourth-order valence-electron chi connectivity index (χ4n) is 2.62. The first-order valence-corrected chi connectivity index (χ1v) is 6.65. The van der Waals surface area contributed by atoms with E-state index in [2.05, 4.69) is 72.5 Å². The van der Waals surface area contributed by atoms with Crippen LogP contribution in [0, 0.1) is 11.8 Å². The second-order valence-electron chi connectivity index (χ2n) is 4.87. The average molecular weight is 244 g/mol. The predicted molar refractivity (Wildman–Crippen MR) is 80.9 cm³/mol. The van der Waals surface area contributed by atoms with Gasteiger partial charge in [0.1, 0.15) is 0 Å². The van der Waals surface area contributed by atoms with Crippen LogP contribution in [-0.4, -0.2) is 0 Å². The zero-order chi connectivity index (χ0) is 13.1. The van der Waals surface area contributed by atoms with Crippen molar-refractivity contribution in [3.63, 3.8) is 0 Å². The standard InChI is InChI=1S/C19H16/c1-2-5-15-8-10-16(11-9-15)14-18-13-12-17-6-3-4-7-19(17)18/h3-4,6-13,18H,14H2,1H3. The lowest BCUT2D eigenvalue weighted by molar-refractivity contribution is 0.850. The normalized spacial score (nSPS) is 15.7. The van der Waals surface area contributed by atoms with Crippen LogP contribution in [0.4, 0.5) is 0 Å². The van der Waals surface area contributed by atoms with Gasteiger partial charge < -0.3 is 0 Å². The maximum atomic E-state index is 3.08. The molecule has 2 aromatic rings. The monoisotopic (exact) mass is 244 g/mol. The van der Waals surface area contributed by atoms with E-state index in [9.17, 15) is 0 Å². The summed E-state index contributed by atoms with van der Waals surface area (Å²) >= 11 is 0. The molecule has 0 aromatic heterocycles. The van der Waals surface area contributed by atoms with E-state index in [1.165, 1.54) is 16.7 Å². The van der Waals surface area contributed by atoms with Crippen molar-refractivity contribution in [1.82, 2.24) is 0 Å². The van der Waals surface area contributed by atoms with Crippen LogP contribution in [0.5, 0.6) is 0 Å². The lowest BCUT2D eigenvalue weighted by Gasteiger charge is -2.11. The SMILES string of the molecule is CC#Cc1ccc(CC2C=Cc3ccccc32)cc1. The summed E-state index contributed by atoms with van der Waals surface area (Å²) in [6.07, 6.45) is 5.61. The molecule has 2 aromatic carbocycles. The van der Waals surface area contributed by atoms with Crippen LogP contribution >= 0.6 is 0 Å². The van der Waals surface area contributed by atoms with Gasteiger partial charge in [-0.3, -0.25) is 0 Å². The molecular weight excluding hydrogens is 228 g/mol. The fourth-order valence-corrected chi connectivity index (χ4v) is 2.62. The van der Waals surface area contributed by atoms with E-state index in [1.54, 1.807) is 0 Å². The van der Waals surface area contributed by atoms with Crippen molar-refractivity contribution < 1.29 is 0 Å². The summed E-state index contributed by atoms with van der Waals surface area (Å²) in [6.45, 7) is 1.87. The van der Waals surface area contributed by atoms with Crippen LogP contribution in [0.3, 0.4) is 0 Å². The minimum absolute atomic E-state index is 0.513. The summed E-state index contributed by atoms with van der Waals surface area (Å²) in [6, 6.07) is 17.2. The third-order valence-corrected chi connectivity index (χ3v) is 3.58. The molecule has 1 aliphatic rings. The van der Waals surface area contributed by atoms with Gasteiger partial charge in [0.05, 0.1) is 0 Å². The topological polar surface area (TPSA) is 0 Å². The minimum Gasteiger partial charge on any atom is -0.101 e. The van der Waals surface area contributed by atoms with Crippen molar-refractivity contribution in [3.8, 4) is 11.8 Å². The summed E-state index contributed by atoms with van der Waals surface area (Å²) in [5, 5.41) is 0. The van der Waals surface area contributed by atoms with Crippen molar-refractivity contribution in [2.24, 2.45) is 0 Å². The Labute approximate surface area is 114 Å². The third kappa shape index (κ3) is 2.46. The molecule has 0 N–H and O–H groups in total. The summed E-state index contributed by atoms with van der Waals surface area (Å²) in [7, 11) is 0. The smallest absolute Gasteiger partial charge is 0.0245 e. The van der Waals surface area contributed by atoms with Gasteiger partial charge in [0, 0.05) is 11.5 Å². The molecule has 1 atom stereocenters. The van der Waals surface area contributed by atoms with E-state index in [1.807, 2.05) is 6.92 Å². The molecule has 0 fully saturated rings. The van der Waals surface area contributed by atoms with Gasteiger partial charge in [-0.1, -0.05) is 54.5 Å². The zero-order valence-corrected chi connectivity index (χ0v) is 11.1. The molecule has 1 aliphatic carbocycles. The van der Waals surface area contributed by atoms with Gasteiger partial charge >= 0.3 is 0 Å². The molecule has 0 amide bonds. The Balaban J connectivity index is 1.79. The van der Waals surface area contributed by atoms with Gasteiger partial charge in [0.2, 0.25) is 0 Å². The van der Waals surface area contributed by atoms with Crippen molar-refractivity contribution in [2.75, 3.05) is 0 Å². The molecule has 19 heavy (non-hydrogen) atoms. The number of hydrogen-bond acceptors (Lipinski definition) is 0. The summed E-state index contributed by atoms with van der Waals surface area (Å²) in [5.41, 5.74) is 5.27. The maximum Gasteiger partial charge on any atom is 0.0245 e. The Morgan fingerprint density at radius 1 is 1.00 bits per heavy atom. The number of fused-ring (bicyclic) bond motifs is 1. The molecule has 0 nitrogen and oxygen atoms in total. The number of benzene rings is 2. The first-order valence-electron chi connectivity index (χ1n) is 6.65. The van der Waals surface area contributed by atoms with E-state index in [4.69, 9.17) is 0 Å². The second-order valence-corrected chi connectivity index (χ2v) is 4.87. The van der Waals surface area contributed by atoms with E-state index >= 15 is 0 Å². The van der Waals surface area contributed by atoms with Gasteiger partial charge in [0.15, 0.2) is 0 Å². The molecule has 0 saturated carbocycles. The summed E-state index contributed by atoms with van der Waals surface area (Å²) in [5.74, 6) is 6.52. The summed E-state index contributed by atoms with van der Waals surface area (Å²) in [4.78, 5) is 0. The number of rotatable bonds is 2. The van der Waals surface area contributed by atoms with Crippen LogP contribution in [0.1, 0.15) is 35.1 Å². The van der Waals surface area contributed by atoms with E-state index in [0.29, 0.717) is 5.92 Å². The lowest BCUT2D eigenvalue weighted by Crippen LogP contribution is -1.98. The first kappa shape index (κ1) is 11.8. The highest BCUT2D eigenvalue weighted by molar-refractivity contribution is 5.62. The fraction of sp³-hybridized carbons (Fsp3) is 0.158. The highest BCUT2D eigenvalue weighted by Crippen LogP contribution is 2.32. The van der Waals surface area contributed by atoms with Crippen molar-refractivity contribution in [2.45, 2.75) is 19.3 Å². The van der Waals surface area contributed by atoms with Gasteiger partial charge in [-0.2, -0.15) is 0 Å². The van der Waals surface area contributed by atoms with Gasteiger partial charge in [-0.25, -0.2) is 0 Å². The third-order valence-electron chi connectivity index (χ3n) is 3.58. The molecule has 0 heteroatoms. The Kier molecular flexibility index (Phi) is 3.21. The molecule has 0 bridgehead atoms. The van der Waals surface area contributed by atoms with E-state index in [-0.39, 0.29) is 0 Å². The van der Waals surface area contributed by atoms with Crippen LogP contribution in [0.25, 0.3) is 6.08 Å². The van der Waals surface area contributed by atoms with E-state index in [0.717, 1.165) is 12.0 Å². The Morgan fingerprint density at radius 2 is 1.79 bits per heavy atom. The van der Waals surface area contributed by atoms with E-state index < -0.39 is 0 Å². The summed E-state index contributed by atoms with van der Waals surface area (Å²) < 4.78 is 0. The van der Waals surface area contributed by atoms with Crippen LogP contribution < -0.4 is 0 Å². The molecule has 0 aliphatic heterocycles. The average Bonchev–Trinajstić information content (AvgIpc) is 2.85. The number of hydrogen-bond donors (Lipinski definition) is 0. The maximum absolute atomic E-state index is 3.08. The molecule has 1 unspecified atom stereocenters. The second kappa shape index (κ2) is 5.16. The van der Waals surface area contributed by atoms with Crippen molar-refractivity contribution in [3.05, 3.63) is 76.9 Å². The highest BCUT2D eigenvalue weighted by atomic mass is 14.2. The Hall–Kier alpha value is -2.26. The Morgan fingerprint density at radius 3 is 2.58 bits per heavy atom. The number of allylic oxidation sites excluding steroid dienone is 1. The minimum atomic E-state index is 0.513. The Bertz CT molecular complexity index is 663. The molecule has 92 valence electrons. The molecule has 0 radical (unpaired) electrons. The van der Waals surface area contributed by atoms with Gasteiger partial charge in [0.25, 0.3) is 0 Å². The highest BCUT2D eigenvalue weighted by Gasteiger charge is 2.16. The van der Waals surface area contributed by atoms with Crippen LogP contribution in [0.15, 0.2) is 54.6 Å². The molecule has 3 rings (SSSR count). The zero-order valence-electron chi connectivity index (χ0n) is 11.1. The van der Waals surface area contributed by atoms with Gasteiger partial charge in [-0.15, -0.1) is 5.92 Å². The molecule has 0 spiro atoms. The molecular formula is C19H16. The first-order chi connectivity index (χ1) is 9.36. The largest absolute Gasteiger partial charge is 0.101 e. The van der Waals surface area contributed by atoms with Crippen molar-refractivity contribution >= 4 is 6.08 Å². The van der Waals surface area contributed by atoms with Gasteiger partial charge in [-0.05, 0) is 42.2 Å². The molecule has 0 saturated heterocycles. The predicted octanol–water partition coefficient (Wildman–Crippen LogP) is 4.41. The lowest BCUT2D eigenvalue weighted by atomic mass is 9.93. The van der Waals surface area contributed by atoms with Crippen molar-refractivity contribution in [1.29, 1.82) is 0 Å². The quantitative estimate of drug-likeness (QED) is 0.686.